The van der Waals surface area contributed by atoms with Crippen molar-refractivity contribution in [3.8, 4) is 0 Å². The Balaban J connectivity index is 2.92. The Labute approximate surface area is 80.9 Å². The summed E-state index contributed by atoms with van der Waals surface area (Å²) in [6.45, 7) is 0. The monoisotopic (exact) mass is 197 g/mol. The van der Waals surface area contributed by atoms with Crippen LogP contribution in [0.3, 0.4) is 0 Å². The summed E-state index contributed by atoms with van der Waals surface area (Å²) in [6, 6.07) is 6.90. The number of nitrogen functional groups attached to an aromatic ring is 1. The van der Waals surface area contributed by atoms with Crippen molar-refractivity contribution in [1.82, 2.24) is 0 Å². The van der Waals surface area contributed by atoms with Crippen LogP contribution < -0.4 is 5.73 Å². The molecular formula is C9H11NO2S. The molecule has 0 aromatic heterocycles. The summed E-state index contributed by atoms with van der Waals surface area (Å²) in [5.74, 6) is -0.822. The maximum atomic E-state index is 10.8. The van der Waals surface area contributed by atoms with Crippen LogP contribution in [0, 0.1) is 0 Å². The third kappa shape index (κ3) is 2.39. The van der Waals surface area contributed by atoms with Crippen LogP contribution in [0.1, 0.15) is 10.8 Å². The molecule has 0 radical (unpaired) electrons. The van der Waals surface area contributed by atoms with Crippen molar-refractivity contribution in [3.63, 3.8) is 0 Å². The van der Waals surface area contributed by atoms with E-state index in [1.807, 2.05) is 0 Å². The van der Waals surface area contributed by atoms with Gasteiger partial charge in [0.1, 0.15) is 5.25 Å². The minimum atomic E-state index is -0.822. The third-order valence-corrected chi connectivity index (χ3v) is 2.64. The molecule has 0 amide bonds. The fraction of sp³-hybridized carbons (Fsp3) is 0.222. The predicted octanol–water partition coefficient (Wildman–Crippen LogP) is 1.76. The van der Waals surface area contributed by atoms with Gasteiger partial charge in [0.15, 0.2) is 0 Å². The average molecular weight is 197 g/mol. The summed E-state index contributed by atoms with van der Waals surface area (Å²) in [5.41, 5.74) is 6.91. The lowest BCUT2D eigenvalue weighted by Gasteiger charge is -2.09. The molecule has 1 aromatic rings. The van der Waals surface area contributed by atoms with Crippen LogP contribution >= 0.6 is 11.8 Å². The van der Waals surface area contributed by atoms with Gasteiger partial charge in [-0.1, -0.05) is 12.1 Å². The number of anilines is 1. The first-order chi connectivity index (χ1) is 6.15. The van der Waals surface area contributed by atoms with Gasteiger partial charge < -0.3 is 10.8 Å². The number of carbonyl (C=O) groups is 1. The number of hydrogen-bond acceptors (Lipinski definition) is 3. The molecule has 0 aliphatic carbocycles. The van der Waals surface area contributed by atoms with Gasteiger partial charge in [-0.25, -0.2) is 0 Å². The Morgan fingerprint density at radius 2 is 2.00 bits per heavy atom. The number of nitrogens with two attached hydrogens (primary N) is 1. The SMILES string of the molecule is CSC(C(=O)O)c1ccc(N)cc1. The molecule has 0 saturated carbocycles. The molecule has 0 fully saturated rings. The second kappa shape index (κ2) is 4.18. The predicted molar refractivity (Wildman–Crippen MR) is 54.7 cm³/mol. The lowest BCUT2D eigenvalue weighted by atomic mass is 10.1. The average Bonchev–Trinajstić information content (AvgIpc) is 2.09. The van der Waals surface area contributed by atoms with Crippen LogP contribution in [0.25, 0.3) is 0 Å². The zero-order valence-corrected chi connectivity index (χ0v) is 8.04. The molecule has 3 nitrogen and oxygen atoms in total. The molecule has 0 aliphatic heterocycles. The molecule has 13 heavy (non-hydrogen) atoms. The molecule has 0 heterocycles. The molecule has 1 aromatic carbocycles. The number of carboxylic acid groups (broad SMARTS) is 1. The number of thioether (sulfide) groups is 1. The minimum Gasteiger partial charge on any atom is -0.480 e. The number of hydrogen-bond donors (Lipinski definition) is 2. The number of benzene rings is 1. The Bertz CT molecular complexity index is 297. The van der Waals surface area contributed by atoms with Crippen molar-refractivity contribution in [2.45, 2.75) is 5.25 Å². The first-order valence-electron chi connectivity index (χ1n) is 3.76. The van der Waals surface area contributed by atoms with Crippen molar-refractivity contribution in [3.05, 3.63) is 29.8 Å². The standard InChI is InChI=1S/C9H11NO2S/c1-13-8(9(11)12)6-2-4-7(10)5-3-6/h2-5,8H,10H2,1H3,(H,11,12). The Morgan fingerprint density at radius 1 is 1.46 bits per heavy atom. The molecule has 1 unspecified atom stereocenters. The van der Waals surface area contributed by atoms with Crippen LogP contribution in [0.5, 0.6) is 0 Å². The molecule has 3 N–H and O–H groups in total. The largest absolute Gasteiger partial charge is 0.480 e. The zero-order chi connectivity index (χ0) is 9.84. The van der Waals surface area contributed by atoms with E-state index in [1.54, 1.807) is 30.5 Å². The summed E-state index contributed by atoms with van der Waals surface area (Å²) in [7, 11) is 0. The lowest BCUT2D eigenvalue weighted by Crippen LogP contribution is -2.07. The molecule has 0 saturated heterocycles. The van der Waals surface area contributed by atoms with Gasteiger partial charge in [-0.2, -0.15) is 0 Å². The van der Waals surface area contributed by atoms with Gasteiger partial charge in [0, 0.05) is 5.69 Å². The summed E-state index contributed by atoms with van der Waals surface area (Å²) >= 11 is 1.30. The number of aliphatic carboxylic acids is 1. The highest BCUT2D eigenvalue weighted by Gasteiger charge is 2.17. The van der Waals surface area contributed by atoms with Gasteiger partial charge in [-0.15, -0.1) is 11.8 Å². The third-order valence-electron chi connectivity index (χ3n) is 1.70. The van der Waals surface area contributed by atoms with E-state index >= 15 is 0 Å². The van der Waals surface area contributed by atoms with Crippen LogP contribution in [-0.2, 0) is 4.79 Å². The van der Waals surface area contributed by atoms with E-state index in [2.05, 4.69) is 0 Å². The molecule has 70 valence electrons. The highest BCUT2D eigenvalue weighted by Crippen LogP contribution is 2.26. The summed E-state index contributed by atoms with van der Waals surface area (Å²) in [6.07, 6.45) is 1.77. The highest BCUT2D eigenvalue weighted by molar-refractivity contribution is 7.99. The van der Waals surface area contributed by atoms with Crippen molar-refractivity contribution < 1.29 is 9.90 Å². The topological polar surface area (TPSA) is 63.3 Å². The molecule has 4 heteroatoms. The molecule has 0 bridgehead atoms. The molecular weight excluding hydrogens is 186 g/mol. The smallest absolute Gasteiger partial charge is 0.321 e. The van der Waals surface area contributed by atoms with E-state index in [-0.39, 0.29) is 0 Å². The van der Waals surface area contributed by atoms with Gasteiger partial charge in [-0.3, -0.25) is 4.79 Å². The van der Waals surface area contributed by atoms with Gasteiger partial charge >= 0.3 is 5.97 Å². The van der Waals surface area contributed by atoms with Crippen molar-refractivity contribution in [1.29, 1.82) is 0 Å². The van der Waals surface area contributed by atoms with Crippen LogP contribution in [0.2, 0.25) is 0 Å². The van der Waals surface area contributed by atoms with Crippen LogP contribution in [0.15, 0.2) is 24.3 Å². The summed E-state index contributed by atoms with van der Waals surface area (Å²) in [4.78, 5) is 10.8. The number of rotatable bonds is 3. The molecule has 1 atom stereocenters. The maximum Gasteiger partial charge on any atom is 0.321 e. The van der Waals surface area contributed by atoms with Gasteiger partial charge in [0.25, 0.3) is 0 Å². The van der Waals surface area contributed by atoms with Crippen molar-refractivity contribution in [2.24, 2.45) is 0 Å². The summed E-state index contributed by atoms with van der Waals surface area (Å²) < 4.78 is 0. The fourth-order valence-electron chi connectivity index (χ4n) is 1.05. The van der Waals surface area contributed by atoms with Crippen LogP contribution in [-0.4, -0.2) is 17.3 Å². The molecule has 0 spiro atoms. The van der Waals surface area contributed by atoms with Gasteiger partial charge in [0.05, 0.1) is 0 Å². The first-order valence-corrected chi connectivity index (χ1v) is 5.05. The second-order valence-corrected chi connectivity index (χ2v) is 3.56. The minimum absolute atomic E-state index is 0.499. The van der Waals surface area contributed by atoms with Crippen molar-refractivity contribution >= 4 is 23.4 Å². The van der Waals surface area contributed by atoms with E-state index in [0.717, 1.165) is 5.56 Å². The second-order valence-electron chi connectivity index (χ2n) is 2.62. The maximum absolute atomic E-state index is 10.8. The zero-order valence-electron chi connectivity index (χ0n) is 7.23. The molecule has 1 rings (SSSR count). The Kier molecular flexibility index (Phi) is 3.19. The summed E-state index contributed by atoms with van der Waals surface area (Å²) in [5, 5.41) is 8.34. The quantitative estimate of drug-likeness (QED) is 0.725. The van der Waals surface area contributed by atoms with Gasteiger partial charge in [-0.05, 0) is 24.0 Å². The molecule has 0 aliphatic rings. The normalized spacial score (nSPS) is 12.4. The van der Waals surface area contributed by atoms with Crippen LogP contribution in [0.4, 0.5) is 5.69 Å². The Morgan fingerprint density at radius 3 is 2.38 bits per heavy atom. The Hall–Kier alpha value is -1.16. The fourth-order valence-corrected chi connectivity index (χ4v) is 1.68. The highest BCUT2D eigenvalue weighted by atomic mass is 32.2. The van der Waals surface area contributed by atoms with E-state index in [4.69, 9.17) is 10.8 Å². The van der Waals surface area contributed by atoms with E-state index in [1.165, 1.54) is 11.8 Å². The van der Waals surface area contributed by atoms with E-state index in [9.17, 15) is 4.79 Å². The van der Waals surface area contributed by atoms with E-state index in [0.29, 0.717) is 5.69 Å². The number of carboxylic acids is 1. The van der Waals surface area contributed by atoms with Gasteiger partial charge in [0.2, 0.25) is 0 Å². The van der Waals surface area contributed by atoms with Crippen molar-refractivity contribution in [2.75, 3.05) is 12.0 Å². The lowest BCUT2D eigenvalue weighted by molar-refractivity contribution is -0.136. The van der Waals surface area contributed by atoms with E-state index < -0.39 is 11.2 Å². The first kappa shape index (κ1) is 9.92.